The zero-order valence-corrected chi connectivity index (χ0v) is 17.0. The number of carbonyl (C=O) groups excluding carboxylic acids is 1. The molecule has 0 aliphatic rings. The lowest BCUT2D eigenvalue weighted by Gasteiger charge is -2.07. The van der Waals surface area contributed by atoms with Crippen LogP contribution in [0.1, 0.15) is 37.9 Å². The van der Waals surface area contributed by atoms with Crippen molar-refractivity contribution in [3.63, 3.8) is 0 Å². The molecule has 0 atom stereocenters. The predicted molar refractivity (Wildman–Crippen MR) is 111 cm³/mol. The van der Waals surface area contributed by atoms with Crippen LogP contribution in [0.4, 0.5) is 5.69 Å². The van der Waals surface area contributed by atoms with Gasteiger partial charge >= 0.3 is 5.97 Å². The smallest absolute Gasteiger partial charge is 0.303 e. The van der Waals surface area contributed by atoms with E-state index in [0.29, 0.717) is 17.1 Å². The number of nitrogens with one attached hydrogen (secondary N) is 1. The van der Waals surface area contributed by atoms with E-state index in [4.69, 9.17) is 9.84 Å². The Morgan fingerprint density at radius 3 is 2.59 bits per heavy atom. The van der Waals surface area contributed by atoms with Gasteiger partial charge in [-0.1, -0.05) is 35.6 Å². The van der Waals surface area contributed by atoms with Crippen LogP contribution in [0.25, 0.3) is 0 Å². The molecule has 1 heterocycles. The molecule has 0 spiro atoms. The Bertz CT molecular complexity index is 1020. The fourth-order valence-electron chi connectivity index (χ4n) is 2.60. The number of carboxylic acids is 1. The highest BCUT2D eigenvalue weighted by Crippen LogP contribution is 2.21. The maximum Gasteiger partial charge on any atom is 0.303 e. The normalized spacial score (nSPS) is 10.6. The van der Waals surface area contributed by atoms with Gasteiger partial charge in [-0.3, -0.25) is 9.59 Å². The molecule has 1 aromatic heterocycles. The van der Waals surface area contributed by atoms with Gasteiger partial charge in [0.15, 0.2) is 5.01 Å². The predicted octanol–water partition coefficient (Wildman–Crippen LogP) is 4.00. The molecule has 29 heavy (non-hydrogen) atoms. The SMILES string of the molecule is Cc1ccc(C)c(OCc2nnc(C(=O)Nc3ccc(CCC(=O)O)cc3)s2)c1. The molecule has 0 aliphatic carbocycles. The van der Waals surface area contributed by atoms with E-state index in [-0.39, 0.29) is 23.9 Å². The summed E-state index contributed by atoms with van der Waals surface area (Å²) in [5.41, 5.74) is 3.64. The highest BCUT2D eigenvalue weighted by molar-refractivity contribution is 7.13. The molecule has 2 aromatic carbocycles. The van der Waals surface area contributed by atoms with Gasteiger partial charge in [0, 0.05) is 12.1 Å². The van der Waals surface area contributed by atoms with Crippen LogP contribution < -0.4 is 10.1 Å². The van der Waals surface area contributed by atoms with Crippen molar-refractivity contribution >= 4 is 28.9 Å². The fourth-order valence-corrected chi connectivity index (χ4v) is 3.24. The molecular formula is C21H21N3O4S. The Hall–Kier alpha value is -3.26. The molecule has 1 amide bonds. The minimum Gasteiger partial charge on any atom is -0.486 e. The average Bonchev–Trinajstić information content (AvgIpc) is 3.17. The lowest BCUT2D eigenvalue weighted by atomic mass is 10.1. The first kappa shape index (κ1) is 20.5. The number of aryl methyl sites for hydroxylation is 3. The minimum absolute atomic E-state index is 0.0728. The summed E-state index contributed by atoms with van der Waals surface area (Å²) in [6.45, 7) is 4.21. The average molecular weight is 411 g/mol. The number of anilines is 1. The van der Waals surface area contributed by atoms with Crippen molar-refractivity contribution in [1.82, 2.24) is 10.2 Å². The zero-order chi connectivity index (χ0) is 20.8. The van der Waals surface area contributed by atoms with Gasteiger partial charge in [-0.15, -0.1) is 10.2 Å². The van der Waals surface area contributed by atoms with Crippen LogP contribution in [0, 0.1) is 13.8 Å². The molecule has 8 heteroatoms. The van der Waals surface area contributed by atoms with Crippen LogP contribution in [0.2, 0.25) is 0 Å². The largest absolute Gasteiger partial charge is 0.486 e. The lowest BCUT2D eigenvalue weighted by molar-refractivity contribution is -0.136. The Labute approximate surface area is 172 Å². The van der Waals surface area contributed by atoms with Crippen molar-refractivity contribution in [2.75, 3.05) is 5.32 Å². The van der Waals surface area contributed by atoms with Crippen LogP contribution in [0.3, 0.4) is 0 Å². The maximum atomic E-state index is 12.4. The van der Waals surface area contributed by atoms with Gasteiger partial charge in [-0.05, 0) is 55.2 Å². The molecular weight excluding hydrogens is 390 g/mol. The third-order valence-electron chi connectivity index (χ3n) is 4.20. The second kappa shape index (κ2) is 9.29. The van der Waals surface area contributed by atoms with Crippen molar-refractivity contribution in [2.45, 2.75) is 33.3 Å². The highest BCUT2D eigenvalue weighted by atomic mass is 32.1. The van der Waals surface area contributed by atoms with Crippen molar-refractivity contribution in [3.05, 3.63) is 69.2 Å². The monoisotopic (exact) mass is 411 g/mol. The zero-order valence-electron chi connectivity index (χ0n) is 16.1. The molecule has 0 bridgehead atoms. The molecule has 0 radical (unpaired) electrons. The summed E-state index contributed by atoms with van der Waals surface area (Å²) < 4.78 is 5.80. The summed E-state index contributed by atoms with van der Waals surface area (Å²) in [5, 5.41) is 20.3. The molecule has 0 fully saturated rings. The molecule has 0 unspecified atom stereocenters. The van der Waals surface area contributed by atoms with Crippen LogP contribution in [-0.4, -0.2) is 27.2 Å². The Morgan fingerprint density at radius 2 is 1.86 bits per heavy atom. The first-order valence-electron chi connectivity index (χ1n) is 9.05. The Kier molecular flexibility index (Phi) is 6.56. The van der Waals surface area contributed by atoms with E-state index in [1.165, 1.54) is 11.3 Å². The second-order valence-corrected chi connectivity index (χ2v) is 7.67. The van der Waals surface area contributed by atoms with Crippen LogP contribution >= 0.6 is 11.3 Å². The number of ether oxygens (including phenoxy) is 1. The summed E-state index contributed by atoms with van der Waals surface area (Å²) in [5.74, 6) is -0.399. The topological polar surface area (TPSA) is 101 Å². The molecule has 0 saturated carbocycles. The first-order valence-corrected chi connectivity index (χ1v) is 9.87. The molecule has 0 aliphatic heterocycles. The molecule has 7 nitrogen and oxygen atoms in total. The summed E-state index contributed by atoms with van der Waals surface area (Å²) in [6.07, 6.45) is 0.521. The lowest BCUT2D eigenvalue weighted by Crippen LogP contribution is -2.11. The van der Waals surface area contributed by atoms with Crippen LogP contribution in [0.15, 0.2) is 42.5 Å². The number of nitrogens with zero attached hydrogens (tertiary/aromatic N) is 2. The van der Waals surface area contributed by atoms with Gasteiger partial charge in [0.1, 0.15) is 12.4 Å². The molecule has 0 saturated heterocycles. The summed E-state index contributed by atoms with van der Waals surface area (Å²) in [6, 6.07) is 13.0. The minimum atomic E-state index is -0.837. The van der Waals surface area contributed by atoms with Crippen molar-refractivity contribution < 1.29 is 19.4 Å². The number of amides is 1. The van der Waals surface area contributed by atoms with Crippen molar-refractivity contribution in [2.24, 2.45) is 0 Å². The number of hydrogen-bond acceptors (Lipinski definition) is 6. The molecule has 150 valence electrons. The summed E-state index contributed by atoms with van der Waals surface area (Å²) in [7, 11) is 0. The van der Waals surface area contributed by atoms with Crippen LogP contribution in [-0.2, 0) is 17.8 Å². The van der Waals surface area contributed by atoms with E-state index >= 15 is 0 Å². The van der Waals surface area contributed by atoms with Crippen LogP contribution in [0.5, 0.6) is 5.75 Å². The Balaban J connectivity index is 1.56. The third-order valence-corrected chi connectivity index (χ3v) is 5.09. The maximum absolute atomic E-state index is 12.4. The quantitative estimate of drug-likeness (QED) is 0.581. The van der Waals surface area contributed by atoms with E-state index in [9.17, 15) is 9.59 Å². The van der Waals surface area contributed by atoms with Gasteiger partial charge in [0.25, 0.3) is 5.91 Å². The number of aliphatic carboxylic acids is 1. The summed E-state index contributed by atoms with van der Waals surface area (Å²) >= 11 is 1.18. The highest BCUT2D eigenvalue weighted by Gasteiger charge is 2.14. The number of carboxylic acid groups (broad SMARTS) is 1. The van der Waals surface area contributed by atoms with Gasteiger partial charge in [0.2, 0.25) is 5.01 Å². The van der Waals surface area contributed by atoms with E-state index in [2.05, 4.69) is 15.5 Å². The fraction of sp³-hybridized carbons (Fsp3) is 0.238. The Morgan fingerprint density at radius 1 is 1.10 bits per heavy atom. The first-order chi connectivity index (χ1) is 13.9. The van der Waals surface area contributed by atoms with E-state index in [1.807, 2.05) is 32.0 Å². The molecule has 2 N–H and O–H groups in total. The third kappa shape index (κ3) is 5.86. The molecule has 3 aromatic rings. The van der Waals surface area contributed by atoms with Gasteiger partial charge in [-0.2, -0.15) is 0 Å². The van der Waals surface area contributed by atoms with E-state index in [0.717, 1.165) is 22.4 Å². The molecule has 3 rings (SSSR count). The van der Waals surface area contributed by atoms with Crippen molar-refractivity contribution in [3.8, 4) is 5.75 Å². The van der Waals surface area contributed by atoms with Gasteiger partial charge < -0.3 is 15.2 Å². The standard InChI is InChI=1S/C21H21N3O4S/c1-13-3-4-14(2)17(11-13)28-12-18-23-24-21(29-18)20(27)22-16-8-5-15(6-9-16)7-10-19(25)26/h3-6,8-9,11H,7,10,12H2,1-2H3,(H,22,27)(H,25,26). The van der Waals surface area contributed by atoms with E-state index < -0.39 is 5.97 Å². The van der Waals surface area contributed by atoms with Gasteiger partial charge in [-0.25, -0.2) is 0 Å². The van der Waals surface area contributed by atoms with Gasteiger partial charge in [0.05, 0.1) is 0 Å². The summed E-state index contributed by atoms with van der Waals surface area (Å²) in [4.78, 5) is 23.0. The number of aromatic nitrogens is 2. The number of benzene rings is 2. The number of hydrogen-bond donors (Lipinski definition) is 2. The number of carbonyl (C=O) groups is 2. The van der Waals surface area contributed by atoms with Crippen molar-refractivity contribution in [1.29, 1.82) is 0 Å². The second-order valence-electron chi connectivity index (χ2n) is 6.60. The van der Waals surface area contributed by atoms with E-state index in [1.54, 1.807) is 24.3 Å². The number of rotatable bonds is 8.